The highest BCUT2D eigenvalue weighted by Gasteiger charge is 2.35. The topological polar surface area (TPSA) is 171 Å². The van der Waals surface area contributed by atoms with E-state index < -0.39 is 42.0 Å². The van der Waals surface area contributed by atoms with E-state index in [0.717, 1.165) is 4.90 Å². The number of rotatable bonds is 9. The molecule has 4 unspecified atom stereocenters. The van der Waals surface area contributed by atoms with Crippen LogP contribution in [0, 0.1) is 0 Å². The lowest BCUT2D eigenvalue weighted by Crippen LogP contribution is -2.52. The quantitative estimate of drug-likeness (QED) is 0.262. The van der Waals surface area contributed by atoms with Gasteiger partial charge in [0.1, 0.15) is 23.6 Å². The average molecular weight is 516 g/mol. The van der Waals surface area contributed by atoms with Gasteiger partial charge in [-0.25, -0.2) is 0 Å². The van der Waals surface area contributed by atoms with E-state index >= 15 is 0 Å². The first-order valence-corrected chi connectivity index (χ1v) is 12.3. The van der Waals surface area contributed by atoms with Crippen molar-refractivity contribution in [1.29, 1.82) is 0 Å². The molecule has 0 fully saturated rings. The maximum Gasteiger partial charge on any atom is 0.255 e. The molecule has 11 heteroatoms. The molecule has 1 aliphatic rings. The van der Waals surface area contributed by atoms with Gasteiger partial charge in [0, 0.05) is 23.3 Å². The Morgan fingerprint density at radius 1 is 1.14 bits per heavy atom. The van der Waals surface area contributed by atoms with Crippen LogP contribution in [0.25, 0.3) is 0 Å². The third-order valence-corrected chi connectivity index (χ3v) is 6.56. The molecule has 0 spiro atoms. The predicted molar refractivity (Wildman–Crippen MR) is 134 cm³/mol. The number of phenolic OH excluding ortho intramolecular Hbond substituents is 1. The number of aromatic hydroxyl groups is 1. The summed E-state index contributed by atoms with van der Waals surface area (Å²) in [4.78, 5) is 38.7. The van der Waals surface area contributed by atoms with Crippen LogP contribution in [0.4, 0.5) is 0 Å². The Hall–Kier alpha value is -3.54. The number of amides is 3. The third-order valence-electron chi connectivity index (χ3n) is 5.84. The zero-order valence-corrected chi connectivity index (χ0v) is 20.6. The molecule has 1 aliphatic carbocycles. The molecule has 192 valence electrons. The smallest absolute Gasteiger partial charge is 0.255 e. The number of methoxy groups -OCH3 is 1. The second kappa shape index (κ2) is 11.9. The van der Waals surface area contributed by atoms with Crippen LogP contribution in [0.2, 0.25) is 0 Å². The summed E-state index contributed by atoms with van der Waals surface area (Å²) < 4.78 is 5.30. The number of primary amides is 1. The molecule has 36 heavy (non-hydrogen) atoms. The van der Waals surface area contributed by atoms with Crippen molar-refractivity contribution in [2.24, 2.45) is 5.73 Å². The highest BCUT2D eigenvalue weighted by Crippen LogP contribution is 2.26. The molecule has 10 nitrogen and oxygen atoms in total. The highest BCUT2D eigenvalue weighted by molar-refractivity contribution is 7.98. The lowest BCUT2D eigenvalue weighted by atomic mass is 9.89. The van der Waals surface area contributed by atoms with Crippen molar-refractivity contribution < 1.29 is 34.4 Å². The van der Waals surface area contributed by atoms with Gasteiger partial charge < -0.3 is 36.4 Å². The lowest BCUT2D eigenvalue weighted by Gasteiger charge is -2.31. The van der Waals surface area contributed by atoms with Gasteiger partial charge in [0.15, 0.2) is 0 Å². The molecule has 4 atom stereocenters. The number of nitrogens with one attached hydrogen (secondary N) is 2. The number of ether oxygens (including phenoxy) is 1. The van der Waals surface area contributed by atoms with E-state index in [4.69, 9.17) is 10.5 Å². The van der Waals surface area contributed by atoms with Crippen molar-refractivity contribution >= 4 is 29.5 Å². The lowest BCUT2D eigenvalue weighted by molar-refractivity contribution is -0.125. The Labute approximate surface area is 212 Å². The number of carbonyl (C=O) groups is 3. The zero-order chi connectivity index (χ0) is 26.4. The molecule has 0 aromatic heterocycles. The van der Waals surface area contributed by atoms with Crippen LogP contribution in [0.15, 0.2) is 59.0 Å². The van der Waals surface area contributed by atoms with Crippen LogP contribution in [-0.2, 0) is 16.0 Å². The Kier molecular flexibility index (Phi) is 8.97. The molecule has 3 amide bonds. The third kappa shape index (κ3) is 6.56. The maximum absolute atomic E-state index is 12.9. The van der Waals surface area contributed by atoms with Gasteiger partial charge in [0.25, 0.3) is 5.91 Å². The maximum atomic E-state index is 12.9. The highest BCUT2D eigenvalue weighted by atomic mass is 32.2. The van der Waals surface area contributed by atoms with Crippen LogP contribution in [-0.4, -0.2) is 70.7 Å². The van der Waals surface area contributed by atoms with Gasteiger partial charge in [-0.15, -0.1) is 11.8 Å². The van der Waals surface area contributed by atoms with E-state index in [0.29, 0.717) is 11.3 Å². The summed E-state index contributed by atoms with van der Waals surface area (Å²) in [6.45, 7) is 0. The minimum atomic E-state index is -1.36. The van der Waals surface area contributed by atoms with Gasteiger partial charge in [-0.1, -0.05) is 18.2 Å². The van der Waals surface area contributed by atoms with Crippen LogP contribution in [0.3, 0.4) is 0 Å². The molecule has 0 aliphatic heterocycles. The first-order chi connectivity index (χ1) is 17.1. The van der Waals surface area contributed by atoms with Crippen LogP contribution < -0.4 is 21.1 Å². The Balaban J connectivity index is 1.76. The number of phenols is 1. The second-order valence-electron chi connectivity index (χ2n) is 8.32. The number of carbonyl (C=O) groups excluding carboxylic acids is 3. The standard InChI is InChI=1S/C25H29N3O7S/c1-35-21-12-16(36-2)7-8-17(21)25(34)27-18-10-14(11-20(30)22(18)31)24(33)28-19(23(26)32)9-13-3-5-15(29)6-4-13/h3-8,10,12,18-20,22,29-31H,9,11H2,1-2H3,(H2,26,32)(H,27,34)(H,28,33). The minimum Gasteiger partial charge on any atom is -0.508 e. The van der Waals surface area contributed by atoms with Crippen molar-refractivity contribution in [1.82, 2.24) is 10.6 Å². The number of hydrogen-bond donors (Lipinski definition) is 6. The molecule has 7 N–H and O–H groups in total. The summed E-state index contributed by atoms with van der Waals surface area (Å²) in [6, 6.07) is 9.02. The van der Waals surface area contributed by atoms with Gasteiger partial charge in [0.05, 0.1) is 24.8 Å². The molecule has 0 radical (unpaired) electrons. The van der Waals surface area contributed by atoms with Gasteiger partial charge in [-0.3, -0.25) is 14.4 Å². The molecule has 0 heterocycles. The van der Waals surface area contributed by atoms with E-state index in [1.165, 1.54) is 37.1 Å². The first-order valence-electron chi connectivity index (χ1n) is 11.1. The first kappa shape index (κ1) is 27.1. The minimum absolute atomic E-state index is 0.0595. The number of thioether (sulfide) groups is 1. The summed E-state index contributed by atoms with van der Waals surface area (Å²) in [7, 11) is 1.44. The van der Waals surface area contributed by atoms with E-state index in [1.807, 2.05) is 6.26 Å². The van der Waals surface area contributed by atoms with Gasteiger partial charge in [0.2, 0.25) is 11.8 Å². The fraction of sp³-hybridized carbons (Fsp3) is 0.320. The van der Waals surface area contributed by atoms with Gasteiger partial charge >= 0.3 is 0 Å². The van der Waals surface area contributed by atoms with E-state index in [9.17, 15) is 29.7 Å². The number of nitrogens with two attached hydrogens (primary N) is 1. The summed E-state index contributed by atoms with van der Waals surface area (Å²) in [5, 5.41) is 35.4. The number of benzene rings is 2. The van der Waals surface area contributed by atoms with Crippen LogP contribution >= 0.6 is 11.8 Å². The van der Waals surface area contributed by atoms with Crippen LogP contribution in [0.5, 0.6) is 11.5 Å². The molecule has 2 aromatic carbocycles. The summed E-state index contributed by atoms with van der Waals surface area (Å²) in [6.07, 6.45) is 0.462. The van der Waals surface area contributed by atoms with Crippen molar-refractivity contribution in [3.8, 4) is 11.5 Å². The van der Waals surface area contributed by atoms with E-state index in [1.54, 1.807) is 30.3 Å². The van der Waals surface area contributed by atoms with Crippen molar-refractivity contribution in [2.45, 2.75) is 42.0 Å². The second-order valence-corrected chi connectivity index (χ2v) is 9.20. The molecule has 2 aromatic rings. The number of hydrogen-bond acceptors (Lipinski definition) is 8. The van der Waals surface area contributed by atoms with Crippen molar-refractivity contribution in [3.05, 3.63) is 65.2 Å². The summed E-state index contributed by atoms with van der Waals surface area (Å²) in [5.74, 6) is -1.59. The monoisotopic (exact) mass is 515 g/mol. The normalized spacial score (nSPS) is 20.1. The fourth-order valence-electron chi connectivity index (χ4n) is 3.82. The largest absolute Gasteiger partial charge is 0.508 e. The fourth-order valence-corrected chi connectivity index (χ4v) is 4.25. The Morgan fingerprint density at radius 3 is 2.44 bits per heavy atom. The molecule has 0 saturated heterocycles. The molecular formula is C25H29N3O7S. The van der Waals surface area contributed by atoms with Gasteiger partial charge in [-0.2, -0.15) is 0 Å². The summed E-state index contributed by atoms with van der Waals surface area (Å²) in [5.41, 5.74) is 6.44. The predicted octanol–water partition coefficient (Wildman–Crippen LogP) is 0.486. The van der Waals surface area contributed by atoms with Crippen LogP contribution in [0.1, 0.15) is 22.3 Å². The average Bonchev–Trinajstić information content (AvgIpc) is 2.86. The Bertz CT molecular complexity index is 1150. The SMILES string of the molecule is COc1cc(SC)ccc1C(=O)NC1C=C(C(=O)NC(Cc2ccc(O)cc2)C(N)=O)CC(O)C1O. The molecular weight excluding hydrogens is 486 g/mol. The van der Waals surface area contributed by atoms with Crippen molar-refractivity contribution in [3.63, 3.8) is 0 Å². The van der Waals surface area contributed by atoms with Crippen molar-refractivity contribution in [2.75, 3.05) is 13.4 Å². The molecule has 0 saturated carbocycles. The summed E-state index contributed by atoms with van der Waals surface area (Å²) >= 11 is 1.48. The van der Waals surface area contributed by atoms with E-state index in [-0.39, 0.29) is 29.7 Å². The molecule has 3 rings (SSSR count). The number of aliphatic hydroxyl groups is 2. The molecule has 0 bridgehead atoms. The number of aliphatic hydroxyl groups excluding tert-OH is 2. The van der Waals surface area contributed by atoms with Gasteiger partial charge in [-0.05, 0) is 42.2 Å². The zero-order valence-electron chi connectivity index (χ0n) is 19.8. The Morgan fingerprint density at radius 2 is 1.83 bits per heavy atom. The van der Waals surface area contributed by atoms with E-state index in [2.05, 4.69) is 10.6 Å².